The number of carbonyl (C=O) groups is 1. The predicted octanol–water partition coefficient (Wildman–Crippen LogP) is 3.42. The number of nitrogens with one attached hydrogen (secondary N) is 2. The highest BCUT2D eigenvalue weighted by Gasteiger charge is 2.18. The summed E-state index contributed by atoms with van der Waals surface area (Å²) >= 11 is 0. The van der Waals surface area contributed by atoms with E-state index in [4.69, 9.17) is 9.15 Å². The minimum atomic E-state index is -0.248. The van der Waals surface area contributed by atoms with Gasteiger partial charge in [0, 0.05) is 17.3 Å². The largest absolute Gasteiger partial charge is 0.495 e. The molecule has 2 amide bonds. The highest BCUT2D eigenvalue weighted by molar-refractivity contribution is 5.75. The van der Waals surface area contributed by atoms with Crippen molar-refractivity contribution in [2.24, 2.45) is 0 Å². The van der Waals surface area contributed by atoms with Crippen LogP contribution >= 0.6 is 0 Å². The molecule has 6 nitrogen and oxygen atoms in total. The molecule has 23 heavy (non-hydrogen) atoms. The second-order valence-corrected chi connectivity index (χ2v) is 5.55. The Hall–Kier alpha value is -2.50. The third-order valence-corrected chi connectivity index (χ3v) is 3.74. The number of amides is 2. The van der Waals surface area contributed by atoms with Crippen LogP contribution in [0.3, 0.4) is 0 Å². The minimum Gasteiger partial charge on any atom is -0.495 e. The molecule has 2 aromatic rings. The fraction of sp³-hybridized carbons (Fsp3) is 0.412. The number of hydrogen-bond acceptors (Lipinski definition) is 4. The first kappa shape index (κ1) is 16.9. The highest BCUT2D eigenvalue weighted by atomic mass is 16.5. The topological polar surface area (TPSA) is 76.4 Å². The molecule has 0 spiro atoms. The lowest BCUT2D eigenvalue weighted by Gasteiger charge is -2.19. The molecule has 2 aromatic heterocycles. The van der Waals surface area contributed by atoms with Crippen LogP contribution in [-0.2, 0) is 0 Å². The average molecular weight is 317 g/mol. The van der Waals surface area contributed by atoms with Crippen molar-refractivity contribution in [3.05, 3.63) is 47.2 Å². The van der Waals surface area contributed by atoms with Gasteiger partial charge in [0.2, 0.25) is 0 Å². The van der Waals surface area contributed by atoms with E-state index in [0.717, 1.165) is 22.6 Å². The molecule has 0 aliphatic heterocycles. The molecular weight excluding hydrogens is 294 g/mol. The molecule has 2 heterocycles. The summed E-state index contributed by atoms with van der Waals surface area (Å²) < 4.78 is 10.8. The molecule has 0 aromatic carbocycles. The van der Waals surface area contributed by atoms with Gasteiger partial charge >= 0.3 is 6.03 Å². The fourth-order valence-corrected chi connectivity index (χ4v) is 2.59. The summed E-state index contributed by atoms with van der Waals surface area (Å²) in [4.78, 5) is 16.2. The van der Waals surface area contributed by atoms with Crippen LogP contribution in [0.1, 0.15) is 48.6 Å². The van der Waals surface area contributed by atoms with Crippen molar-refractivity contribution >= 4 is 6.03 Å². The van der Waals surface area contributed by atoms with Gasteiger partial charge in [0.15, 0.2) is 0 Å². The molecule has 0 fully saturated rings. The van der Waals surface area contributed by atoms with E-state index in [-0.39, 0.29) is 18.1 Å². The van der Waals surface area contributed by atoms with E-state index < -0.39 is 0 Å². The number of furan rings is 1. The number of pyridine rings is 1. The SMILES string of the molecule is COc1cnccc1[C@H](C)NC(=O)N[C@H](C)c1cc(C)oc1C. The van der Waals surface area contributed by atoms with Gasteiger partial charge in [0.25, 0.3) is 0 Å². The summed E-state index contributed by atoms with van der Waals surface area (Å²) in [5, 5.41) is 5.83. The first-order valence-electron chi connectivity index (χ1n) is 7.54. The number of rotatable bonds is 5. The number of aryl methyl sites for hydroxylation is 2. The number of ether oxygens (including phenoxy) is 1. The molecule has 2 atom stereocenters. The Kier molecular flexibility index (Phi) is 5.26. The first-order chi connectivity index (χ1) is 10.9. The maximum absolute atomic E-state index is 12.2. The van der Waals surface area contributed by atoms with Gasteiger partial charge in [0.1, 0.15) is 17.3 Å². The molecule has 2 rings (SSSR count). The summed E-state index contributed by atoms with van der Waals surface area (Å²) in [5.74, 6) is 2.30. The van der Waals surface area contributed by atoms with Gasteiger partial charge in [-0.25, -0.2) is 4.79 Å². The maximum Gasteiger partial charge on any atom is 0.315 e. The minimum absolute atomic E-state index is 0.140. The van der Waals surface area contributed by atoms with E-state index in [9.17, 15) is 4.79 Å². The van der Waals surface area contributed by atoms with Gasteiger partial charge in [-0.05, 0) is 39.8 Å². The zero-order valence-corrected chi connectivity index (χ0v) is 14.1. The molecule has 0 bridgehead atoms. The Morgan fingerprint density at radius 1 is 1.22 bits per heavy atom. The van der Waals surface area contributed by atoms with Crippen molar-refractivity contribution in [3.8, 4) is 5.75 Å². The quantitative estimate of drug-likeness (QED) is 0.886. The molecule has 124 valence electrons. The lowest BCUT2D eigenvalue weighted by molar-refractivity contribution is 0.234. The molecule has 0 unspecified atom stereocenters. The Morgan fingerprint density at radius 2 is 1.87 bits per heavy atom. The maximum atomic E-state index is 12.2. The van der Waals surface area contributed by atoms with Gasteiger partial charge in [-0.3, -0.25) is 4.98 Å². The van der Waals surface area contributed by atoms with E-state index in [0.29, 0.717) is 5.75 Å². The molecule has 0 radical (unpaired) electrons. The molecule has 2 N–H and O–H groups in total. The van der Waals surface area contributed by atoms with Crippen LogP contribution in [0.4, 0.5) is 4.79 Å². The van der Waals surface area contributed by atoms with Gasteiger partial charge in [-0.1, -0.05) is 0 Å². The van der Waals surface area contributed by atoms with E-state index in [2.05, 4.69) is 15.6 Å². The summed E-state index contributed by atoms with van der Waals surface area (Å²) in [6.45, 7) is 7.61. The van der Waals surface area contributed by atoms with Crippen molar-refractivity contribution in [2.45, 2.75) is 39.8 Å². The van der Waals surface area contributed by atoms with Crippen LogP contribution < -0.4 is 15.4 Å². The summed E-state index contributed by atoms with van der Waals surface area (Å²) in [6, 6.07) is 3.18. The molecule has 0 saturated carbocycles. The standard InChI is InChI=1S/C17H23N3O3/c1-10-8-15(13(4)23-10)12(3)20-17(21)19-11(2)14-6-7-18-9-16(14)22-5/h6-9,11-12H,1-5H3,(H2,19,20,21)/t11-,12+/m0/s1. The molecular formula is C17H23N3O3. The van der Waals surface area contributed by atoms with Crippen molar-refractivity contribution in [1.29, 1.82) is 0 Å². The number of hydrogen-bond donors (Lipinski definition) is 2. The van der Waals surface area contributed by atoms with Crippen LogP contribution in [0.2, 0.25) is 0 Å². The average Bonchev–Trinajstić information content (AvgIpc) is 2.85. The summed E-state index contributed by atoms with van der Waals surface area (Å²) in [5.41, 5.74) is 1.85. The summed E-state index contributed by atoms with van der Waals surface area (Å²) in [7, 11) is 1.58. The van der Waals surface area contributed by atoms with Crippen molar-refractivity contribution in [3.63, 3.8) is 0 Å². The van der Waals surface area contributed by atoms with Crippen molar-refractivity contribution in [1.82, 2.24) is 15.6 Å². The zero-order chi connectivity index (χ0) is 17.0. The number of methoxy groups -OCH3 is 1. The van der Waals surface area contributed by atoms with Crippen LogP contribution in [0.5, 0.6) is 5.75 Å². The van der Waals surface area contributed by atoms with Gasteiger partial charge in [-0.2, -0.15) is 0 Å². The third kappa shape index (κ3) is 4.03. The van der Waals surface area contributed by atoms with E-state index >= 15 is 0 Å². The predicted molar refractivity (Wildman–Crippen MR) is 87.5 cm³/mol. The normalized spacial score (nSPS) is 13.3. The lowest BCUT2D eigenvalue weighted by atomic mass is 10.1. The number of aromatic nitrogens is 1. The smallest absolute Gasteiger partial charge is 0.315 e. The fourth-order valence-electron chi connectivity index (χ4n) is 2.59. The van der Waals surface area contributed by atoms with Gasteiger partial charge in [-0.15, -0.1) is 0 Å². The number of urea groups is 1. The molecule has 0 aliphatic carbocycles. The molecule has 6 heteroatoms. The Balaban J connectivity index is 2.00. The van der Waals surface area contributed by atoms with Gasteiger partial charge < -0.3 is 19.8 Å². The molecule has 0 saturated heterocycles. The van der Waals surface area contributed by atoms with Crippen LogP contribution in [0.25, 0.3) is 0 Å². The third-order valence-electron chi connectivity index (χ3n) is 3.74. The highest BCUT2D eigenvalue weighted by Crippen LogP contribution is 2.24. The van der Waals surface area contributed by atoms with E-state index in [1.54, 1.807) is 19.5 Å². The second-order valence-electron chi connectivity index (χ2n) is 5.55. The zero-order valence-electron chi connectivity index (χ0n) is 14.1. The Labute approximate surface area is 136 Å². The number of carbonyl (C=O) groups excluding carboxylic acids is 1. The van der Waals surface area contributed by atoms with Crippen LogP contribution in [-0.4, -0.2) is 18.1 Å². The van der Waals surface area contributed by atoms with Gasteiger partial charge in [0.05, 0.1) is 25.4 Å². The van der Waals surface area contributed by atoms with Crippen LogP contribution in [0.15, 0.2) is 28.9 Å². The summed E-state index contributed by atoms with van der Waals surface area (Å²) in [6.07, 6.45) is 3.31. The monoisotopic (exact) mass is 317 g/mol. The van der Waals surface area contributed by atoms with Crippen molar-refractivity contribution in [2.75, 3.05) is 7.11 Å². The van der Waals surface area contributed by atoms with Crippen LogP contribution in [0, 0.1) is 13.8 Å². The molecule has 0 aliphatic rings. The second kappa shape index (κ2) is 7.17. The van der Waals surface area contributed by atoms with E-state index in [1.807, 2.05) is 39.8 Å². The van der Waals surface area contributed by atoms with E-state index in [1.165, 1.54) is 0 Å². The Morgan fingerprint density at radius 3 is 2.43 bits per heavy atom. The van der Waals surface area contributed by atoms with Crippen molar-refractivity contribution < 1.29 is 13.9 Å². The number of nitrogens with zero attached hydrogens (tertiary/aromatic N) is 1. The lowest BCUT2D eigenvalue weighted by Crippen LogP contribution is -2.38. The Bertz CT molecular complexity index is 681. The first-order valence-corrected chi connectivity index (χ1v) is 7.54.